The second-order valence-corrected chi connectivity index (χ2v) is 7.23. The van der Waals surface area contributed by atoms with Gasteiger partial charge >= 0.3 is 0 Å². The van der Waals surface area contributed by atoms with Crippen molar-refractivity contribution in [2.45, 2.75) is 44.3 Å². The zero-order valence-electron chi connectivity index (χ0n) is 15.4. The third kappa shape index (κ3) is 5.59. The van der Waals surface area contributed by atoms with Gasteiger partial charge in [-0.05, 0) is 37.1 Å². The lowest BCUT2D eigenvalue weighted by atomic mass is 9.98. The number of aliphatic hydroxyl groups is 1. The van der Waals surface area contributed by atoms with Gasteiger partial charge in [-0.15, -0.1) is 0 Å². The highest BCUT2D eigenvalue weighted by molar-refractivity contribution is 5.49. The minimum absolute atomic E-state index is 0.371. The van der Waals surface area contributed by atoms with Crippen LogP contribution in [0, 0.1) is 0 Å². The van der Waals surface area contributed by atoms with Crippen LogP contribution in [0.3, 0.4) is 0 Å². The number of rotatable bonds is 7. The molecule has 140 valence electrons. The number of methoxy groups -OCH3 is 1. The zero-order chi connectivity index (χ0) is 17.5. The molecule has 5 nitrogen and oxygen atoms in total. The highest BCUT2D eigenvalue weighted by Crippen LogP contribution is 2.21. The van der Waals surface area contributed by atoms with E-state index in [9.17, 15) is 5.11 Å². The number of benzene rings is 1. The summed E-state index contributed by atoms with van der Waals surface area (Å²) in [6, 6.07) is 8.24. The summed E-state index contributed by atoms with van der Waals surface area (Å²) in [5.41, 5.74) is 1.24. The van der Waals surface area contributed by atoms with E-state index in [1.807, 2.05) is 12.1 Å². The Labute approximate surface area is 151 Å². The van der Waals surface area contributed by atoms with Crippen LogP contribution in [0.4, 0.5) is 5.69 Å². The molecule has 0 bridgehead atoms. The van der Waals surface area contributed by atoms with Crippen molar-refractivity contribution in [1.82, 2.24) is 4.90 Å². The van der Waals surface area contributed by atoms with Crippen molar-refractivity contribution in [3.05, 3.63) is 24.3 Å². The first-order valence-corrected chi connectivity index (χ1v) is 9.65. The second-order valence-electron chi connectivity index (χ2n) is 7.23. The van der Waals surface area contributed by atoms with E-state index in [4.69, 9.17) is 9.47 Å². The fourth-order valence-corrected chi connectivity index (χ4v) is 3.81. The topological polar surface area (TPSA) is 45.2 Å². The molecular weight excluding hydrogens is 316 g/mol. The molecule has 5 heteroatoms. The number of piperazine rings is 1. The monoisotopic (exact) mass is 348 g/mol. The lowest BCUT2D eigenvalue weighted by Crippen LogP contribution is -2.49. The van der Waals surface area contributed by atoms with Gasteiger partial charge in [-0.3, -0.25) is 4.90 Å². The zero-order valence-corrected chi connectivity index (χ0v) is 15.4. The van der Waals surface area contributed by atoms with Crippen molar-refractivity contribution in [3.63, 3.8) is 0 Å². The molecule has 2 fully saturated rings. The Hall–Kier alpha value is -1.30. The van der Waals surface area contributed by atoms with Crippen molar-refractivity contribution in [1.29, 1.82) is 0 Å². The molecule has 1 heterocycles. The van der Waals surface area contributed by atoms with Crippen LogP contribution < -0.4 is 9.64 Å². The van der Waals surface area contributed by atoms with Gasteiger partial charge in [0.2, 0.25) is 0 Å². The molecule has 0 unspecified atom stereocenters. The summed E-state index contributed by atoms with van der Waals surface area (Å²) in [6.07, 6.45) is 6.19. The van der Waals surface area contributed by atoms with Crippen molar-refractivity contribution >= 4 is 5.69 Å². The summed E-state index contributed by atoms with van der Waals surface area (Å²) in [6.45, 7) is 5.12. The lowest BCUT2D eigenvalue weighted by molar-refractivity contribution is -0.0336. The number of hydrogen-bond donors (Lipinski definition) is 1. The molecule has 0 amide bonds. The third-order valence-corrected chi connectivity index (χ3v) is 5.36. The summed E-state index contributed by atoms with van der Waals surface area (Å²) < 4.78 is 11.1. The molecule has 1 aromatic carbocycles. The summed E-state index contributed by atoms with van der Waals surface area (Å²) in [5.74, 6) is 0.892. The van der Waals surface area contributed by atoms with Crippen molar-refractivity contribution < 1.29 is 14.6 Å². The van der Waals surface area contributed by atoms with E-state index in [0.29, 0.717) is 19.3 Å². The smallest absolute Gasteiger partial charge is 0.119 e. The first-order chi connectivity index (χ1) is 12.2. The van der Waals surface area contributed by atoms with Crippen LogP contribution in [-0.4, -0.2) is 68.7 Å². The van der Waals surface area contributed by atoms with Crippen LogP contribution in [-0.2, 0) is 4.74 Å². The average molecular weight is 348 g/mol. The maximum Gasteiger partial charge on any atom is 0.119 e. The molecule has 1 aliphatic heterocycles. The molecule has 0 spiro atoms. The molecule has 0 radical (unpaired) electrons. The van der Waals surface area contributed by atoms with E-state index in [-0.39, 0.29) is 6.10 Å². The number of hydrogen-bond acceptors (Lipinski definition) is 5. The van der Waals surface area contributed by atoms with Gasteiger partial charge in [0.25, 0.3) is 0 Å². The van der Waals surface area contributed by atoms with Gasteiger partial charge in [-0.1, -0.05) is 19.3 Å². The number of aliphatic hydroxyl groups excluding tert-OH is 1. The maximum absolute atomic E-state index is 10.3. The molecule has 1 aliphatic carbocycles. The van der Waals surface area contributed by atoms with Crippen LogP contribution in [0.25, 0.3) is 0 Å². The number of β-amino-alcohol motifs (C(OH)–C–C–N with tert-alkyl or cyclic N) is 1. The largest absolute Gasteiger partial charge is 0.497 e. The predicted molar refractivity (Wildman–Crippen MR) is 100 cm³/mol. The van der Waals surface area contributed by atoms with Crippen molar-refractivity contribution in [2.24, 2.45) is 0 Å². The molecule has 1 saturated heterocycles. The van der Waals surface area contributed by atoms with Gasteiger partial charge in [0, 0.05) is 38.4 Å². The molecule has 1 N–H and O–H groups in total. The third-order valence-electron chi connectivity index (χ3n) is 5.36. The maximum atomic E-state index is 10.3. The Balaban J connectivity index is 1.36. The number of ether oxygens (including phenoxy) is 2. The predicted octanol–water partition coefficient (Wildman–Crippen LogP) is 2.53. The van der Waals surface area contributed by atoms with E-state index < -0.39 is 0 Å². The van der Waals surface area contributed by atoms with Gasteiger partial charge in [0.1, 0.15) is 5.75 Å². The van der Waals surface area contributed by atoms with Crippen molar-refractivity contribution in [2.75, 3.05) is 51.3 Å². The van der Waals surface area contributed by atoms with E-state index in [0.717, 1.165) is 44.8 Å². The fourth-order valence-electron chi connectivity index (χ4n) is 3.81. The van der Waals surface area contributed by atoms with E-state index in [2.05, 4.69) is 21.9 Å². The second kappa shape index (κ2) is 9.41. The lowest BCUT2D eigenvalue weighted by Gasteiger charge is -2.37. The molecule has 3 rings (SSSR count). The van der Waals surface area contributed by atoms with Crippen LogP contribution in [0.2, 0.25) is 0 Å². The Bertz CT molecular complexity index is 494. The van der Waals surface area contributed by atoms with Crippen molar-refractivity contribution in [3.8, 4) is 5.75 Å². The summed E-state index contributed by atoms with van der Waals surface area (Å²) in [5, 5.41) is 10.3. The molecule has 1 atom stereocenters. The van der Waals surface area contributed by atoms with Gasteiger partial charge in [0.05, 0.1) is 25.9 Å². The average Bonchev–Trinajstić information content (AvgIpc) is 2.68. The molecule has 2 aliphatic rings. The molecule has 1 aromatic rings. The summed E-state index contributed by atoms with van der Waals surface area (Å²) >= 11 is 0. The Morgan fingerprint density at radius 2 is 1.72 bits per heavy atom. The van der Waals surface area contributed by atoms with Gasteiger partial charge in [-0.25, -0.2) is 0 Å². The summed E-state index contributed by atoms with van der Waals surface area (Å²) in [4.78, 5) is 4.73. The standard InChI is InChI=1S/C20H32N2O3/c1-24-19-9-7-17(8-10-19)22-13-11-21(12-14-22)15-18(23)16-25-20-5-3-2-4-6-20/h7-10,18,20,23H,2-6,11-16H2,1H3/t18-/m0/s1. The normalized spacial score (nSPS) is 21.3. The minimum Gasteiger partial charge on any atom is -0.497 e. The Kier molecular flexibility index (Phi) is 6.96. The number of nitrogens with zero attached hydrogens (tertiary/aromatic N) is 2. The Morgan fingerprint density at radius 3 is 2.36 bits per heavy atom. The van der Waals surface area contributed by atoms with E-state index in [1.54, 1.807) is 7.11 Å². The minimum atomic E-state index is -0.380. The van der Waals surface area contributed by atoms with Crippen LogP contribution in [0.1, 0.15) is 32.1 Å². The van der Waals surface area contributed by atoms with Crippen LogP contribution in [0.5, 0.6) is 5.75 Å². The fraction of sp³-hybridized carbons (Fsp3) is 0.700. The molecule has 1 saturated carbocycles. The Morgan fingerprint density at radius 1 is 1.04 bits per heavy atom. The molecule has 0 aromatic heterocycles. The van der Waals surface area contributed by atoms with E-state index >= 15 is 0 Å². The van der Waals surface area contributed by atoms with Gasteiger partial charge in [0.15, 0.2) is 0 Å². The SMILES string of the molecule is COc1ccc(N2CCN(C[C@H](O)COC3CCCCC3)CC2)cc1. The highest BCUT2D eigenvalue weighted by atomic mass is 16.5. The highest BCUT2D eigenvalue weighted by Gasteiger charge is 2.21. The van der Waals surface area contributed by atoms with Crippen LogP contribution in [0.15, 0.2) is 24.3 Å². The first-order valence-electron chi connectivity index (χ1n) is 9.65. The molecular formula is C20H32N2O3. The first kappa shape index (κ1) is 18.5. The summed E-state index contributed by atoms with van der Waals surface area (Å²) in [7, 11) is 1.69. The quantitative estimate of drug-likeness (QED) is 0.820. The van der Waals surface area contributed by atoms with Crippen LogP contribution >= 0.6 is 0 Å². The van der Waals surface area contributed by atoms with E-state index in [1.165, 1.54) is 24.9 Å². The molecule has 25 heavy (non-hydrogen) atoms. The van der Waals surface area contributed by atoms with Gasteiger partial charge < -0.3 is 19.5 Å². The van der Waals surface area contributed by atoms with Gasteiger partial charge in [-0.2, -0.15) is 0 Å². The number of anilines is 1.